The monoisotopic (exact) mass is 246 g/mol. The lowest BCUT2D eigenvalue weighted by atomic mass is 10.1. The zero-order chi connectivity index (χ0) is 13.0. The molecule has 0 saturated heterocycles. The average molecular weight is 246 g/mol. The fourth-order valence-corrected chi connectivity index (χ4v) is 1.23. The van der Waals surface area contributed by atoms with Crippen molar-refractivity contribution in [3.05, 3.63) is 23.0 Å². The van der Waals surface area contributed by atoms with Crippen molar-refractivity contribution in [1.82, 2.24) is 4.98 Å². The Morgan fingerprint density at radius 3 is 2.76 bits per heavy atom. The summed E-state index contributed by atoms with van der Waals surface area (Å²) < 4.78 is 29.7. The first-order valence-electron chi connectivity index (χ1n) is 4.89. The van der Waals surface area contributed by atoms with Crippen LogP contribution in [0.1, 0.15) is 35.1 Å². The van der Waals surface area contributed by atoms with Crippen molar-refractivity contribution in [3.8, 4) is 5.75 Å². The van der Waals surface area contributed by atoms with Crippen molar-refractivity contribution in [2.24, 2.45) is 5.73 Å². The van der Waals surface area contributed by atoms with Gasteiger partial charge in [0.25, 0.3) is 6.43 Å². The molecule has 0 saturated carbocycles. The minimum atomic E-state index is -2.99. The summed E-state index contributed by atoms with van der Waals surface area (Å²) in [4.78, 5) is 14.7. The topological polar surface area (TPSA) is 85.4 Å². The summed E-state index contributed by atoms with van der Waals surface area (Å²) in [7, 11) is 0. The zero-order valence-electron chi connectivity index (χ0n) is 9.11. The molecular formula is C10H12F2N2O3. The SMILES string of the molecule is CCOC(=O)c1cc(CN)c(O)c(C(F)F)n1. The highest BCUT2D eigenvalue weighted by atomic mass is 19.3. The molecule has 0 bridgehead atoms. The minimum absolute atomic E-state index is 0.0263. The fraction of sp³-hybridized carbons (Fsp3) is 0.400. The van der Waals surface area contributed by atoms with E-state index in [0.29, 0.717) is 0 Å². The predicted molar refractivity (Wildman–Crippen MR) is 54.7 cm³/mol. The van der Waals surface area contributed by atoms with Crippen LogP contribution in [-0.4, -0.2) is 22.7 Å². The predicted octanol–water partition coefficient (Wildman–Crippen LogP) is 1.36. The summed E-state index contributed by atoms with van der Waals surface area (Å²) in [6, 6.07) is 1.14. The van der Waals surface area contributed by atoms with Gasteiger partial charge in [0.05, 0.1) is 6.61 Å². The van der Waals surface area contributed by atoms with E-state index in [1.54, 1.807) is 6.92 Å². The first kappa shape index (κ1) is 13.3. The quantitative estimate of drug-likeness (QED) is 0.783. The molecule has 17 heavy (non-hydrogen) atoms. The Labute approximate surface area is 96.2 Å². The van der Waals surface area contributed by atoms with Gasteiger partial charge in [0.15, 0.2) is 0 Å². The molecule has 0 fully saturated rings. The zero-order valence-corrected chi connectivity index (χ0v) is 9.11. The van der Waals surface area contributed by atoms with Gasteiger partial charge in [-0.15, -0.1) is 0 Å². The van der Waals surface area contributed by atoms with Crippen LogP contribution in [0.4, 0.5) is 8.78 Å². The van der Waals surface area contributed by atoms with E-state index in [9.17, 15) is 18.7 Å². The number of carbonyl (C=O) groups is 1. The first-order chi connectivity index (χ1) is 8.01. The highest BCUT2D eigenvalue weighted by molar-refractivity contribution is 5.87. The van der Waals surface area contributed by atoms with E-state index < -0.39 is 23.8 Å². The van der Waals surface area contributed by atoms with Gasteiger partial charge in [-0.3, -0.25) is 0 Å². The third-order valence-electron chi connectivity index (χ3n) is 2.01. The maximum atomic E-state index is 12.6. The molecule has 0 aliphatic heterocycles. The number of ether oxygens (including phenoxy) is 1. The summed E-state index contributed by atoms with van der Waals surface area (Å²) in [6.45, 7) is 1.50. The number of aromatic nitrogens is 1. The molecular weight excluding hydrogens is 234 g/mol. The maximum absolute atomic E-state index is 12.6. The fourth-order valence-electron chi connectivity index (χ4n) is 1.23. The van der Waals surface area contributed by atoms with Crippen LogP contribution in [0.25, 0.3) is 0 Å². The van der Waals surface area contributed by atoms with Crippen LogP contribution in [0.15, 0.2) is 6.07 Å². The van der Waals surface area contributed by atoms with Crippen molar-refractivity contribution in [2.45, 2.75) is 19.9 Å². The molecule has 5 nitrogen and oxygen atoms in total. The molecule has 0 amide bonds. The number of carbonyl (C=O) groups excluding carboxylic acids is 1. The van der Waals surface area contributed by atoms with Crippen LogP contribution in [0.2, 0.25) is 0 Å². The molecule has 1 aromatic rings. The second-order valence-electron chi connectivity index (χ2n) is 3.13. The Balaban J connectivity index is 3.25. The van der Waals surface area contributed by atoms with Crippen LogP contribution in [0.5, 0.6) is 5.75 Å². The van der Waals surface area contributed by atoms with E-state index in [1.807, 2.05) is 0 Å². The largest absolute Gasteiger partial charge is 0.505 e. The molecule has 0 radical (unpaired) electrons. The van der Waals surface area contributed by atoms with Crippen molar-refractivity contribution in [3.63, 3.8) is 0 Å². The number of pyridine rings is 1. The molecule has 1 heterocycles. The smallest absolute Gasteiger partial charge is 0.356 e. The van der Waals surface area contributed by atoms with Crippen LogP contribution < -0.4 is 5.73 Å². The summed E-state index contributed by atoms with van der Waals surface area (Å²) in [5.74, 6) is -1.51. The van der Waals surface area contributed by atoms with Crippen LogP contribution >= 0.6 is 0 Å². The number of hydrogen-bond acceptors (Lipinski definition) is 5. The molecule has 0 atom stereocenters. The number of rotatable bonds is 4. The average Bonchev–Trinajstić information content (AvgIpc) is 2.29. The summed E-state index contributed by atoms with van der Waals surface area (Å²) in [5, 5.41) is 9.42. The van der Waals surface area contributed by atoms with Gasteiger partial charge in [-0.25, -0.2) is 18.6 Å². The minimum Gasteiger partial charge on any atom is -0.505 e. The molecule has 0 aliphatic carbocycles. The Morgan fingerprint density at radius 2 is 2.29 bits per heavy atom. The van der Waals surface area contributed by atoms with Crippen molar-refractivity contribution in [1.29, 1.82) is 0 Å². The second kappa shape index (κ2) is 5.53. The normalized spacial score (nSPS) is 10.6. The van der Waals surface area contributed by atoms with E-state index in [4.69, 9.17) is 5.73 Å². The molecule has 0 unspecified atom stereocenters. The lowest BCUT2D eigenvalue weighted by Crippen LogP contribution is -2.11. The Kier molecular flexibility index (Phi) is 4.33. The van der Waals surface area contributed by atoms with E-state index in [1.165, 1.54) is 0 Å². The number of nitrogens with two attached hydrogens (primary N) is 1. The van der Waals surface area contributed by atoms with Gasteiger partial charge in [0, 0.05) is 12.1 Å². The van der Waals surface area contributed by atoms with Gasteiger partial charge in [0.1, 0.15) is 17.1 Å². The van der Waals surface area contributed by atoms with Gasteiger partial charge < -0.3 is 15.6 Å². The molecule has 0 aliphatic rings. The van der Waals surface area contributed by atoms with E-state index >= 15 is 0 Å². The molecule has 1 aromatic heterocycles. The number of esters is 1. The summed E-state index contributed by atoms with van der Waals surface area (Å²) >= 11 is 0. The molecule has 0 aromatic carbocycles. The van der Waals surface area contributed by atoms with Gasteiger partial charge in [-0.2, -0.15) is 0 Å². The highest BCUT2D eigenvalue weighted by Gasteiger charge is 2.21. The van der Waals surface area contributed by atoms with Gasteiger partial charge in [-0.1, -0.05) is 0 Å². The highest BCUT2D eigenvalue weighted by Crippen LogP contribution is 2.30. The third kappa shape index (κ3) is 2.88. The maximum Gasteiger partial charge on any atom is 0.356 e. The van der Waals surface area contributed by atoms with Crippen LogP contribution in [-0.2, 0) is 11.3 Å². The first-order valence-corrected chi connectivity index (χ1v) is 4.89. The number of aromatic hydroxyl groups is 1. The van der Waals surface area contributed by atoms with Gasteiger partial charge in [0.2, 0.25) is 0 Å². The summed E-state index contributed by atoms with van der Waals surface area (Å²) in [6.07, 6.45) is -2.99. The van der Waals surface area contributed by atoms with Gasteiger partial charge in [-0.05, 0) is 13.0 Å². The molecule has 94 valence electrons. The van der Waals surface area contributed by atoms with Gasteiger partial charge >= 0.3 is 5.97 Å². The van der Waals surface area contributed by atoms with Crippen molar-refractivity contribution in [2.75, 3.05) is 6.61 Å². The Hall–Kier alpha value is -1.76. The Morgan fingerprint density at radius 1 is 1.65 bits per heavy atom. The third-order valence-corrected chi connectivity index (χ3v) is 2.01. The number of hydrogen-bond donors (Lipinski definition) is 2. The van der Waals surface area contributed by atoms with E-state index in [2.05, 4.69) is 9.72 Å². The number of alkyl halides is 2. The van der Waals surface area contributed by atoms with E-state index in [0.717, 1.165) is 6.07 Å². The second-order valence-corrected chi connectivity index (χ2v) is 3.13. The molecule has 1 rings (SSSR count). The number of nitrogens with zero attached hydrogens (tertiary/aromatic N) is 1. The lowest BCUT2D eigenvalue weighted by molar-refractivity contribution is 0.0517. The summed E-state index contributed by atoms with van der Waals surface area (Å²) in [5.41, 5.74) is 4.15. The van der Waals surface area contributed by atoms with Crippen molar-refractivity contribution >= 4 is 5.97 Å². The van der Waals surface area contributed by atoms with E-state index in [-0.39, 0.29) is 24.4 Å². The number of halogens is 2. The lowest BCUT2D eigenvalue weighted by Gasteiger charge is -2.09. The standard InChI is InChI=1S/C10H12F2N2O3/c1-2-17-10(16)6-3-5(4-13)8(15)7(14-6)9(11)12/h3,9,15H,2,4,13H2,1H3. The Bertz CT molecular complexity index is 424. The van der Waals surface area contributed by atoms with Crippen molar-refractivity contribution < 1.29 is 23.4 Å². The molecule has 0 spiro atoms. The van der Waals surface area contributed by atoms with Crippen LogP contribution in [0, 0.1) is 0 Å². The van der Waals surface area contributed by atoms with Crippen LogP contribution in [0.3, 0.4) is 0 Å². The molecule has 3 N–H and O–H groups in total. The molecule has 7 heteroatoms.